The lowest BCUT2D eigenvalue weighted by molar-refractivity contribution is 0.101. The van der Waals surface area contributed by atoms with E-state index < -0.39 is 21.7 Å². The predicted molar refractivity (Wildman–Crippen MR) is 148 cm³/mol. The van der Waals surface area contributed by atoms with Crippen LogP contribution in [0, 0.1) is 18.2 Å². The maximum atomic E-state index is 15.2. The van der Waals surface area contributed by atoms with Crippen LogP contribution < -0.4 is 16.2 Å². The molecular weight excluding hydrogens is 519 g/mol. The van der Waals surface area contributed by atoms with Crippen molar-refractivity contribution >= 4 is 38.2 Å². The highest BCUT2D eigenvalue weighted by atomic mass is 32.2. The average Bonchev–Trinajstić information content (AvgIpc) is 3.30. The molecule has 4 aromatic carbocycles. The number of hydrogen-bond acceptors (Lipinski definition) is 5. The fourth-order valence-corrected chi connectivity index (χ4v) is 5.15. The van der Waals surface area contributed by atoms with Crippen LogP contribution in [-0.4, -0.2) is 29.9 Å². The molecule has 0 aliphatic heterocycles. The molecule has 0 fully saturated rings. The van der Waals surface area contributed by atoms with Crippen LogP contribution in [0.3, 0.4) is 0 Å². The Kier molecular flexibility index (Phi) is 6.46. The molecule has 5 rings (SSSR count). The third-order valence-corrected chi connectivity index (χ3v) is 7.14. The molecule has 39 heavy (non-hydrogen) atoms. The molecule has 6 N–H and O–H groups in total. The van der Waals surface area contributed by atoms with E-state index in [-0.39, 0.29) is 33.2 Å². The van der Waals surface area contributed by atoms with Gasteiger partial charge < -0.3 is 11.1 Å². The maximum Gasteiger partial charge on any atom is 0.274 e. The number of fused-ring (bicyclic) bond motifs is 1. The molecule has 0 unspecified atom stereocenters. The van der Waals surface area contributed by atoms with Crippen molar-refractivity contribution in [3.8, 4) is 16.8 Å². The van der Waals surface area contributed by atoms with Crippen LogP contribution in [0.15, 0.2) is 89.8 Å². The number of aryl methyl sites for hydroxylation is 1. The van der Waals surface area contributed by atoms with E-state index in [4.69, 9.17) is 16.3 Å². The van der Waals surface area contributed by atoms with E-state index in [0.29, 0.717) is 16.9 Å². The molecule has 196 valence electrons. The van der Waals surface area contributed by atoms with Crippen LogP contribution in [-0.2, 0) is 10.0 Å². The minimum Gasteiger partial charge on any atom is -0.384 e. The van der Waals surface area contributed by atoms with Crippen molar-refractivity contribution in [1.82, 2.24) is 9.78 Å². The first-order valence-electron chi connectivity index (χ1n) is 11.7. The van der Waals surface area contributed by atoms with E-state index in [1.54, 1.807) is 31.2 Å². The van der Waals surface area contributed by atoms with Gasteiger partial charge in [0.15, 0.2) is 0 Å². The van der Waals surface area contributed by atoms with E-state index in [1.807, 2.05) is 24.3 Å². The number of carbonyl (C=O) groups is 1. The number of amidine groups is 1. The summed E-state index contributed by atoms with van der Waals surface area (Å²) in [5.74, 6) is -1.62. The number of rotatable bonds is 6. The maximum absolute atomic E-state index is 15.2. The van der Waals surface area contributed by atoms with Gasteiger partial charge in [-0.25, -0.2) is 22.6 Å². The van der Waals surface area contributed by atoms with Crippen molar-refractivity contribution in [2.45, 2.75) is 11.8 Å². The number of nitrogens with zero attached hydrogens (tertiary/aromatic N) is 2. The monoisotopic (exact) mass is 542 g/mol. The highest BCUT2D eigenvalue weighted by Crippen LogP contribution is 2.30. The van der Waals surface area contributed by atoms with Gasteiger partial charge in [-0.15, -0.1) is 0 Å². The van der Waals surface area contributed by atoms with Gasteiger partial charge in [0, 0.05) is 11.1 Å². The lowest BCUT2D eigenvalue weighted by Gasteiger charge is -2.14. The summed E-state index contributed by atoms with van der Waals surface area (Å²) in [6.07, 6.45) is 0. The van der Waals surface area contributed by atoms with Crippen LogP contribution in [0.1, 0.15) is 21.7 Å². The number of primary sulfonamides is 1. The van der Waals surface area contributed by atoms with Crippen LogP contribution in [0.2, 0.25) is 0 Å². The van der Waals surface area contributed by atoms with E-state index in [9.17, 15) is 13.2 Å². The number of aromatic nitrogens is 2. The number of sulfonamides is 1. The largest absolute Gasteiger partial charge is 0.384 e. The second-order valence-electron chi connectivity index (χ2n) is 8.90. The van der Waals surface area contributed by atoms with Crippen molar-refractivity contribution < 1.29 is 17.6 Å². The normalized spacial score (nSPS) is 11.5. The molecule has 0 aliphatic carbocycles. The average molecular weight is 543 g/mol. The minimum absolute atomic E-state index is 0.105. The first kappa shape index (κ1) is 25.8. The fraction of sp³-hybridized carbons (Fsp3) is 0.0357. The van der Waals surface area contributed by atoms with Gasteiger partial charge in [0.25, 0.3) is 5.91 Å². The van der Waals surface area contributed by atoms with Crippen LogP contribution >= 0.6 is 0 Å². The van der Waals surface area contributed by atoms with Crippen LogP contribution in [0.25, 0.3) is 27.6 Å². The Balaban J connectivity index is 1.52. The number of amides is 1. The predicted octanol–water partition coefficient (Wildman–Crippen LogP) is 4.32. The molecule has 1 aromatic heterocycles. The molecule has 1 amide bonds. The van der Waals surface area contributed by atoms with Crippen molar-refractivity contribution in [3.63, 3.8) is 0 Å². The number of benzene rings is 4. The smallest absolute Gasteiger partial charge is 0.274 e. The molecule has 0 bridgehead atoms. The Morgan fingerprint density at radius 2 is 1.64 bits per heavy atom. The third kappa shape index (κ3) is 5.00. The summed E-state index contributed by atoms with van der Waals surface area (Å²) in [7, 11) is -4.04. The van der Waals surface area contributed by atoms with Gasteiger partial charge in [0.1, 0.15) is 17.3 Å². The molecule has 0 saturated heterocycles. The highest BCUT2D eigenvalue weighted by molar-refractivity contribution is 7.89. The lowest BCUT2D eigenvalue weighted by Crippen LogP contribution is -2.21. The number of nitrogens with two attached hydrogens (primary N) is 2. The summed E-state index contributed by atoms with van der Waals surface area (Å²) < 4.78 is 40.5. The Labute approximate surface area is 223 Å². The molecule has 0 atom stereocenters. The van der Waals surface area contributed by atoms with Crippen molar-refractivity contribution in [1.29, 1.82) is 5.41 Å². The molecule has 0 aliphatic rings. The molecule has 0 saturated carbocycles. The lowest BCUT2D eigenvalue weighted by atomic mass is 10.0. The first-order valence-corrected chi connectivity index (χ1v) is 13.2. The Morgan fingerprint density at radius 1 is 0.974 bits per heavy atom. The van der Waals surface area contributed by atoms with Gasteiger partial charge in [-0.05, 0) is 59.7 Å². The molecule has 11 heteroatoms. The molecule has 1 heterocycles. The number of anilines is 1. The van der Waals surface area contributed by atoms with Crippen LogP contribution in [0.5, 0.6) is 0 Å². The molecular formula is C28H23FN6O3S. The summed E-state index contributed by atoms with van der Waals surface area (Å²) in [5.41, 5.74) is 7.70. The quantitative estimate of drug-likeness (QED) is 0.186. The van der Waals surface area contributed by atoms with E-state index >= 15 is 4.39 Å². The number of hydrogen-bond donors (Lipinski definition) is 4. The Morgan fingerprint density at radius 3 is 2.31 bits per heavy atom. The highest BCUT2D eigenvalue weighted by Gasteiger charge is 2.21. The second-order valence-corrected chi connectivity index (χ2v) is 10.4. The summed E-state index contributed by atoms with van der Waals surface area (Å²) >= 11 is 0. The zero-order valence-corrected chi connectivity index (χ0v) is 21.5. The van der Waals surface area contributed by atoms with Gasteiger partial charge in [-0.3, -0.25) is 10.2 Å². The van der Waals surface area contributed by atoms with Crippen LogP contribution in [0.4, 0.5) is 10.1 Å². The first-order chi connectivity index (χ1) is 18.5. The summed E-state index contributed by atoms with van der Waals surface area (Å²) in [5, 5.41) is 22.1. The zero-order valence-electron chi connectivity index (χ0n) is 20.6. The van der Waals surface area contributed by atoms with Gasteiger partial charge >= 0.3 is 0 Å². The summed E-state index contributed by atoms with van der Waals surface area (Å²) in [4.78, 5) is 13.2. The van der Waals surface area contributed by atoms with E-state index in [2.05, 4.69) is 10.4 Å². The number of halogens is 1. The van der Waals surface area contributed by atoms with Gasteiger partial charge in [0.2, 0.25) is 10.0 Å². The molecule has 5 aromatic rings. The minimum atomic E-state index is -4.04. The number of carbonyl (C=O) groups excluding carboxylic acids is 1. The number of nitrogens with one attached hydrogen (secondary N) is 2. The van der Waals surface area contributed by atoms with Crippen molar-refractivity contribution in [2.24, 2.45) is 10.9 Å². The standard InChI is InChI=1S/C28H23FN6O3S/c1-16-12-25(35(34-16)24-15-18-7-3-2-6-17(18)13-21(24)27(30)31)28(36)33-23-11-10-19(14-22(23)29)20-8-4-5-9-26(20)39(32,37)38/h2-15H,1H3,(H3,30,31)(H,33,36)(H2,32,37,38). The molecule has 0 spiro atoms. The molecule has 0 radical (unpaired) electrons. The van der Waals surface area contributed by atoms with Crippen molar-refractivity contribution in [2.75, 3.05) is 5.32 Å². The number of nitrogen functional groups attached to an aromatic ring is 1. The third-order valence-electron chi connectivity index (χ3n) is 6.17. The zero-order chi connectivity index (χ0) is 27.9. The van der Waals surface area contributed by atoms with Gasteiger partial charge in [0.05, 0.1) is 22.0 Å². The van der Waals surface area contributed by atoms with Crippen molar-refractivity contribution in [3.05, 3.63) is 108 Å². The summed E-state index contributed by atoms with van der Waals surface area (Å²) in [6, 6.07) is 22.6. The van der Waals surface area contributed by atoms with Gasteiger partial charge in [-0.2, -0.15) is 5.10 Å². The van der Waals surface area contributed by atoms with Gasteiger partial charge in [-0.1, -0.05) is 48.5 Å². The SMILES string of the molecule is Cc1cc(C(=O)Nc2ccc(-c3ccccc3S(N)(=O)=O)cc2F)n(-c2cc3ccccc3cc2C(=N)N)n1. The Bertz CT molecular complexity index is 1900. The summed E-state index contributed by atoms with van der Waals surface area (Å²) in [6.45, 7) is 1.71. The van der Waals surface area contributed by atoms with E-state index in [1.165, 1.54) is 35.0 Å². The van der Waals surface area contributed by atoms with E-state index in [0.717, 1.165) is 16.8 Å². The fourth-order valence-electron chi connectivity index (χ4n) is 4.39. The molecule has 9 nitrogen and oxygen atoms in total. The second kappa shape index (κ2) is 9.78. The topological polar surface area (TPSA) is 157 Å². The Hall–Kier alpha value is -4.87.